The van der Waals surface area contributed by atoms with E-state index in [2.05, 4.69) is 41.3 Å². The first kappa shape index (κ1) is 13.8. The van der Waals surface area contributed by atoms with Crippen molar-refractivity contribution >= 4 is 5.95 Å². The number of nitrogens with one attached hydrogen (secondary N) is 1. The van der Waals surface area contributed by atoms with Crippen LogP contribution in [-0.2, 0) is 12.8 Å². The highest BCUT2D eigenvalue weighted by molar-refractivity contribution is 5.25. The van der Waals surface area contributed by atoms with Gasteiger partial charge in [-0.25, -0.2) is 4.98 Å². The van der Waals surface area contributed by atoms with Gasteiger partial charge in [0, 0.05) is 13.2 Å². The topological polar surface area (TPSA) is 70.9 Å². The van der Waals surface area contributed by atoms with E-state index in [4.69, 9.17) is 5.11 Å². The Labute approximate surface area is 103 Å². The number of hydrogen-bond donors (Lipinski definition) is 2. The third-order valence-electron chi connectivity index (χ3n) is 2.74. The van der Waals surface area contributed by atoms with Crippen molar-refractivity contribution in [3.63, 3.8) is 0 Å². The Morgan fingerprint density at radius 1 is 1.18 bits per heavy atom. The number of aryl methyl sites for hydroxylation is 2. The quantitative estimate of drug-likeness (QED) is 0.752. The van der Waals surface area contributed by atoms with Gasteiger partial charge in [0.25, 0.3) is 0 Å². The zero-order valence-corrected chi connectivity index (χ0v) is 10.9. The molecule has 0 saturated heterocycles. The van der Waals surface area contributed by atoms with Gasteiger partial charge in [-0.2, -0.15) is 5.10 Å². The van der Waals surface area contributed by atoms with E-state index in [0.717, 1.165) is 37.2 Å². The van der Waals surface area contributed by atoms with E-state index >= 15 is 0 Å². The molecule has 1 aromatic rings. The molecule has 2 N–H and O–H groups in total. The lowest BCUT2D eigenvalue weighted by atomic mass is 10.1. The van der Waals surface area contributed by atoms with E-state index in [-0.39, 0.29) is 6.61 Å². The first-order valence-corrected chi connectivity index (χ1v) is 6.28. The molecule has 1 aromatic heterocycles. The van der Waals surface area contributed by atoms with Crippen LogP contribution in [0.3, 0.4) is 0 Å². The number of aliphatic hydroxyl groups is 1. The molecule has 17 heavy (non-hydrogen) atoms. The summed E-state index contributed by atoms with van der Waals surface area (Å²) in [4.78, 5) is 4.45. The zero-order valence-electron chi connectivity index (χ0n) is 10.9. The molecule has 1 rings (SSSR count). The van der Waals surface area contributed by atoms with Crippen molar-refractivity contribution in [1.29, 1.82) is 0 Å². The van der Waals surface area contributed by atoms with Gasteiger partial charge >= 0.3 is 0 Å². The normalized spacial score (nSPS) is 12.5. The molecule has 0 fully saturated rings. The Morgan fingerprint density at radius 3 is 2.47 bits per heavy atom. The van der Waals surface area contributed by atoms with E-state index in [1.807, 2.05) is 0 Å². The molecule has 1 atom stereocenters. The molecule has 0 saturated carbocycles. The number of aromatic nitrogens is 3. The summed E-state index contributed by atoms with van der Waals surface area (Å²) in [5, 5.41) is 20.2. The van der Waals surface area contributed by atoms with Crippen LogP contribution >= 0.6 is 0 Å². The fourth-order valence-electron chi connectivity index (χ4n) is 1.60. The van der Waals surface area contributed by atoms with Gasteiger partial charge in [-0.15, -0.1) is 5.10 Å². The van der Waals surface area contributed by atoms with Crippen molar-refractivity contribution in [3.05, 3.63) is 11.4 Å². The highest BCUT2D eigenvalue weighted by atomic mass is 16.3. The first-order chi connectivity index (χ1) is 8.21. The maximum atomic E-state index is 8.81. The average molecular weight is 238 g/mol. The van der Waals surface area contributed by atoms with Crippen molar-refractivity contribution in [1.82, 2.24) is 15.2 Å². The molecule has 0 aliphatic heterocycles. The minimum atomic E-state index is 0.219. The highest BCUT2D eigenvalue weighted by Crippen LogP contribution is 2.08. The molecular formula is C12H22N4O. The molecule has 5 nitrogen and oxygen atoms in total. The predicted molar refractivity (Wildman–Crippen MR) is 67.9 cm³/mol. The van der Waals surface area contributed by atoms with Crippen molar-refractivity contribution in [3.8, 4) is 0 Å². The molecule has 96 valence electrons. The number of nitrogens with zero attached hydrogens (tertiary/aromatic N) is 3. The zero-order chi connectivity index (χ0) is 12.7. The van der Waals surface area contributed by atoms with E-state index in [9.17, 15) is 0 Å². The lowest BCUT2D eigenvalue weighted by Crippen LogP contribution is -2.16. The summed E-state index contributed by atoms with van der Waals surface area (Å²) in [6, 6.07) is 0. The number of anilines is 1. The number of aliphatic hydroxyl groups excluding tert-OH is 1. The van der Waals surface area contributed by atoms with Crippen molar-refractivity contribution in [2.24, 2.45) is 5.92 Å². The second kappa shape index (κ2) is 7.17. The van der Waals surface area contributed by atoms with Crippen LogP contribution in [0, 0.1) is 5.92 Å². The predicted octanol–water partition coefficient (Wildman–Crippen LogP) is 1.43. The highest BCUT2D eigenvalue weighted by Gasteiger charge is 2.07. The molecule has 1 unspecified atom stereocenters. The van der Waals surface area contributed by atoms with Gasteiger partial charge in [0.1, 0.15) is 0 Å². The summed E-state index contributed by atoms with van der Waals surface area (Å²) in [6.07, 6.45) is 2.53. The summed E-state index contributed by atoms with van der Waals surface area (Å²) >= 11 is 0. The molecule has 0 spiro atoms. The van der Waals surface area contributed by atoms with Gasteiger partial charge in [0.2, 0.25) is 5.95 Å². The molecule has 0 aliphatic carbocycles. The average Bonchev–Trinajstić information content (AvgIpc) is 2.36. The second-order valence-corrected chi connectivity index (χ2v) is 4.23. The second-order valence-electron chi connectivity index (χ2n) is 4.23. The summed E-state index contributed by atoms with van der Waals surface area (Å²) in [5.74, 6) is 0.989. The summed E-state index contributed by atoms with van der Waals surface area (Å²) in [6.45, 7) is 7.19. The molecule has 0 aromatic carbocycles. The van der Waals surface area contributed by atoms with E-state index in [0.29, 0.717) is 11.9 Å². The van der Waals surface area contributed by atoms with Crippen molar-refractivity contribution < 1.29 is 5.11 Å². The van der Waals surface area contributed by atoms with Crippen molar-refractivity contribution in [2.45, 2.75) is 40.0 Å². The Bertz CT molecular complexity index is 343. The third kappa shape index (κ3) is 4.26. The third-order valence-corrected chi connectivity index (χ3v) is 2.74. The minimum absolute atomic E-state index is 0.219. The standard InChI is InChI=1S/C12H22N4O/c1-4-10-11(5-2)15-16-12(14-10)13-8-9(3)6-7-17/h9,17H,4-8H2,1-3H3,(H,13,14,16). The van der Waals surface area contributed by atoms with Gasteiger partial charge in [0.05, 0.1) is 11.4 Å². The first-order valence-electron chi connectivity index (χ1n) is 6.28. The van der Waals surface area contributed by atoms with Crippen LogP contribution in [0.25, 0.3) is 0 Å². The smallest absolute Gasteiger partial charge is 0.242 e. The maximum absolute atomic E-state index is 8.81. The molecule has 1 heterocycles. The summed E-state index contributed by atoms with van der Waals surface area (Å²) < 4.78 is 0. The van der Waals surface area contributed by atoms with E-state index in [1.165, 1.54) is 0 Å². The van der Waals surface area contributed by atoms with Gasteiger partial charge < -0.3 is 10.4 Å². The Kier molecular flexibility index (Phi) is 5.83. The molecule has 0 radical (unpaired) electrons. The fraction of sp³-hybridized carbons (Fsp3) is 0.750. The van der Waals surface area contributed by atoms with E-state index in [1.54, 1.807) is 0 Å². The van der Waals surface area contributed by atoms with Crippen LogP contribution in [0.4, 0.5) is 5.95 Å². The lowest BCUT2D eigenvalue weighted by Gasteiger charge is -2.11. The van der Waals surface area contributed by atoms with Crippen LogP contribution in [0.1, 0.15) is 38.6 Å². The number of hydrogen-bond acceptors (Lipinski definition) is 5. The van der Waals surface area contributed by atoms with Gasteiger partial charge in [-0.1, -0.05) is 20.8 Å². The van der Waals surface area contributed by atoms with Crippen LogP contribution in [-0.4, -0.2) is 33.4 Å². The maximum Gasteiger partial charge on any atom is 0.242 e. The SMILES string of the molecule is CCc1nnc(NCC(C)CCO)nc1CC. The largest absolute Gasteiger partial charge is 0.396 e. The van der Waals surface area contributed by atoms with Crippen LogP contribution in [0.15, 0.2) is 0 Å². The Hall–Kier alpha value is -1.23. The molecule has 5 heteroatoms. The van der Waals surface area contributed by atoms with E-state index < -0.39 is 0 Å². The Balaban J connectivity index is 2.60. The van der Waals surface area contributed by atoms with Crippen molar-refractivity contribution in [2.75, 3.05) is 18.5 Å². The van der Waals surface area contributed by atoms with Crippen LogP contribution < -0.4 is 5.32 Å². The molecule has 0 bridgehead atoms. The molecule has 0 amide bonds. The van der Waals surface area contributed by atoms with Gasteiger partial charge in [-0.05, 0) is 25.2 Å². The fourth-order valence-corrected chi connectivity index (χ4v) is 1.60. The van der Waals surface area contributed by atoms with Gasteiger partial charge in [0.15, 0.2) is 0 Å². The monoisotopic (exact) mass is 238 g/mol. The minimum Gasteiger partial charge on any atom is -0.396 e. The number of rotatable bonds is 7. The van der Waals surface area contributed by atoms with Gasteiger partial charge in [-0.3, -0.25) is 0 Å². The van der Waals surface area contributed by atoms with Crippen LogP contribution in [0.2, 0.25) is 0 Å². The van der Waals surface area contributed by atoms with Crippen LogP contribution in [0.5, 0.6) is 0 Å². The lowest BCUT2D eigenvalue weighted by molar-refractivity contribution is 0.265. The summed E-state index contributed by atoms with van der Waals surface area (Å²) in [7, 11) is 0. The molecule has 0 aliphatic rings. The Morgan fingerprint density at radius 2 is 1.88 bits per heavy atom. The molecular weight excluding hydrogens is 216 g/mol. The summed E-state index contributed by atoms with van der Waals surface area (Å²) in [5.41, 5.74) is 1.99.